The van der Waals surface area contributed by atoms with Crippen molar-refractivity contribution in [3.63, 3.8) is 0 Å². The number of carbonyl (C=O) groups is 2. The van der Waals surface area contributed by atoms with Crippen LogP contribution in [0, 0.1) is 0 Å². The van der Waals surface area contributed by atoms with Gasteiger partial charge in [0.15, 0.2) is 0 Å². The molecule has 0 radical (unpaired) electrons. The molecule has 2 rings (SSSR count). The van der Waals surface area contributed by atoms with Gasteiger partial charge < -0.3 is 19.4 Å². The van der Waals surface area contributed by atoms with Gasteiger partial charge in [0.05, 0.1) is 19.1 Å². The van der Waals surface area contributed by atoms with Crippen molar-refractivity contribution in [2.75, 3.05) is 20.8 Å². The van der Waals surface area contributed by atoms with Gasteiger partial charge in [0, 0.05) is 18.6 Å². The molecule has 1 fully saturated rings. The molecular weight excluding hydrogens is 362 g/mol. The quantitative estimate of drug-likeness (QED) is 0.387. The molecule has 0 N–H and O–H groups in total. The molecule has 0 unspecified atom stereocenters. The Morgan fingerprint density at radius 2 is 1.88 bits per heavy atom. The zero-order valence-corrected chi connectivity index (χ0v) is 15.6. The highest BCUT2D eigenvalue weighted by atomic mass is 32.2. The molecular formula is C17H18NO5S2-. The first-order valence-electron chi connectivity index (χ1n) is 7.63. The van der Waals surface area contributed by atoms with Crippen molar-refractivity contribution >= 4 is 46.3 Å². The number of carboxylic acid groups (broad SMARTS) is 1. The Labute approximate surface area is 155 Å². The Morgan fingerprint density at radius 1 is 1.24 bits per heavy atom. The van der Waals surface area contributed by atoms with Crippen LogP contribution in [-0.4, -0.2) is 41.9 Å². The summed E-state index contributed by atoms with van der Waals surface area (Å²) in [5, 5.41) is 10.4. The van der Waals surface area contributed by atoms with Crippen LogP contribution in [0.5, 0.6) is 11.5 Å². The van der Waals surface area contributed by atoms with Gasteiger partial charge in [-0.15, -0.1) is 0 Å². The molecule has 6 nitrogen and oxygen atoms in total. The van der Waals surface area contributed by atoms with E-state index in [2.05, 4.69) is 0 Å². The lowest BCUT2D eigenvalue weighted by atomic mass is 10.1. The van der Waals surface area contributed by atoms with Crippen LogP contribution in [0.2, 0.25) is 0 Å². The van der Waals surface area contributed by atoms with Gasteiger partial charge in [0.25, 0.3) is 5.91 Å². The third-order valence-corrected chi connectivity index (χ3v) is 4.94. The third-order valence-electron chi connectivity index (χ3n) is 3.56. The predicted molar refractivity (Wildman–Crippen MR) is 98.3 cm³/mol. The molecule has 1 aromatic rings. The van der Waals surface area contributed by atoms with E-state index in [0.29, 0.717) is 40.1 Å². The zero-order chi connectivity index (χ0) is 18.4. The number of hydrogen-bond donors (Lipinski definition) is 0. The fourth-order valence-electron chi connectivity index (χ4n) is 2.30. The van der Waals surface area contributed by atoms with E-state index in [1.807, 2.05) is 0 Å². The minimum absolute atomic E-state index is 0.0196. The SMILES string of the molecule is COc1cc(/C=C2\SC(=S)N(CCCCC(=O)[O-])C2=O)cc(OC)c1. The van der Waals surface area contributed by atoms with Crippen LogP contribution < -0.4 is 14.6 Å². The molecule has 1 amide bonds. The van der Waals surface area contributed by atoms with Crippen molar-refractivity contribution in [1.29, 1.82) is 0 Å². The third kappa shape index (κ3) is 5.20. The monoisotopic (exact) mass is 380 g/mol. The van der Waals surface area contributed by atoms with Gasteiger partial charge in [-0.2, -0.15) is 0 Å². The number of amides is 1. The summed E-state index contributed by atoms with van der Waals surface area (Å²) in [6.45, 7) is 0.400. The molecule has 134 valence electrons. The van der Waals surface area contributed by atoms with E-state index in [1.165, 1.54) is 16.7 Å². The van der Waals surface area contributed by atoms with E-state index in [4.69, 9.17) is 21.7 Å². The molecule has 1 aliphatic heterocycles. The van der Waals surface area contributed by atoms with E-state index in [0.717, 1.165) is 5.56 Å². The van der Waals surface area contributed by atoms with E-state index in [1.54, 1.807) is 38.5 Å². The van der Waals surface area contributed by atoms with Crippen molar-refractivity contribution in [3.05, 3.63) is 28.7 Å². The highest BCUT2D eigenvalue weighted by Crippen LogP contribution is 2.34. The van der Waals surface area contributed by atoms with Crippen molar-refractivity contribution in [2.24, 2.45) is 0 Å². The Balaban J connectivity index is 2.10. The molecule has 1 heterocycles. The molecule has 1 saturated heterocycles. The number of carbonyl (C=O) groups excluding carboxylic acids is 2. The fraction of sp³-hybridized carbons (Fsp3) is 0.353. The van der Waals surface area contributed by atoms with Crippen molar-refractivity contribution < 1.29 is 24.2 Å². The van der Waals surface area contributed by atoms with Crippen LogP contribution in [0.25, 0.3) is 6.08 Å². The Hall–Kier alpha value is -2.06. The molecule has 0 saturated carbocycles. The first-order valence-corrected chi connectivity index (χ1v) is 8.85. The lowest BCUT2D eigenvalue weighted by Gasteiger charge is -2.14. The van der Waals surface area contributed by atoms with Crippen molar-refractivity contribution in [3.8, 4) is 11.5 Å². The first kappa shape index (κ1) is 19.3. The van der Waals surface area contributed by atoms with Gasteiger partial charge in [-0.1, -0.05) is 24.0 Å². The summed E-state index contributed by atoms with van der Waals surface area (Å²) in [5.41, 5.74) is 0.772. The minimum Gasteiger partial charge on any atom is -0.550 e. The van der Waals surface area contributed by atoms with Gasteiger partial charge >= 0.3 is 0 Å². The number of benzene rings is 1. The second-order valence-electron chi connectivity index (χ2n) is 5.31. The molecule has 0 atom stereocenters. The number of ether oxygens (including phenoxy) is 2. The minimum atomic E-state index is -1.09. The topological polar surface area (TPSA) is 78.9 Å². The van der Waals surface area contributed by atoms with E-state index >= 15 is 0 Å². The Morgan fingerprint density at radius 3 is 2.44 bits per heavy atom. The van der Waals surface area contributed by atoms with Crippen LogP contribution in [0.1, 0.15) is 24.8 Å². The number of hydrogen-bond acceptors (Lipinski definition) is 7. The van der Waals surface area contributed by atoms with Crippen molar-refractivity contribution in [2.45, 2.75) is 19.3 Å². The molecule has 25 heavy (non-hydrogen) atoms. The van der Waals surface area contributed by atoms with Gasteiger partial charge in [-0.25, -0.2) is 0 Å². The van der Waals surface area contributed by atoms with Crippen LogP contribution >= 0.6 is 24.0 Å². The summed E-state index contributed by atoms with van der Waals surface area (Å²) in [6.07, 6.45) is 2.73. The van der Waals surface area contributed by atoms with E-state index in [-0.39, 0.29) is 12.3 Å². The van der Waals surface area contributed by atoms with Crippen LogP contribution in [0.15, 0.2) is 23.1 Å². The predicted octanol–water partition coefficient (Wildman–Crippen LogP) is 1.83. The second kappa shape index (κ2) is 8.87. The van der Waals surface area contributed by atoms with Crippen molar-refractivity contribution in [1.82, 2.24) is 4.90 Å². The number of nitrogens with zero attached hydrogens (tertiary/aromatic N) is 1. The average molecular weight is 380 g/mol. The summed E-state index contributed by atoms with van der Waals surface area (Å²) in [7, 11) is 3.12. The van der Waals surface area contributed by atoms with Crippen LogP contribution in [-0.2, 0) is 9.59 Å². The van der Waals surface area contributed by atoms with E-state index < -0.39 is 5.97 Å². The van der Waals surface area contributed by atoms with Gasteiger partial charge in [0.2, 0.25) is 0 Å². The van der Waals surface area contributed by atoms with Gasteiger partial charge in [-0.05, 0) is 43.0 Å². The maximum atomic E-state index is 12.5. The molecule has 1 aromatic carbocycles. The number of rotatable bonds is 8. The molecule has 8 heteroatoms. The molecule has 1 aliphatic rings. The number of carboxylic acids is 1. The number of thioether (sulfide) groups is 1. The lowest BCUT2D eigenvalue weighted by Crippen LogP contribution is -2.29. The standard InChI is InChI=1S/C17H19NO5S2/c1-22-12-7-11(8-13(10-12)23-2)9-14-16(21)18(17(24)25-14)6-4-3-5-15(19)20/h7-10H,3-6H2,1-2H3,(H,19,20)/p-1/b14-9-. The maximum absolute atomic E-state index is 12.5. The number of thiocarbonyl (C=S) groups is 1. The molecule has 0 aromatic heterocycles. The van der Waals surface area contributed by atoms with Crippen LogP contribution in [0.3, 0.4) is 0 Å². The molecule has 0 bridgehead atoms. The molecule has 0 aliphatic carbocycles. The Kier molecular flexibility index (Phi) is 6.83. The lowest BCUT2D eigenvalue weighted by molar-refractivity contribution is -0.305. The highest BCUT2D eigenvalue weighted by Gasteiger charge is 2.31. The summed E-state index contributed by atoms with van der Waals surface area (Å²) in [6, 6.07) is 5.35. The average Bonchev–Trinajstić information content (AvgIpc) is 2.85. The number of unbranched alkanes of at least 4 members (excludes halogenated alkanes) is 1. The van der Waals surface area contributed by atoms with Crippen LogP contribution in [0.4, 0.5) is 0 Å². The maximum Gasteiger partial charge on any atom is 0.266 e. The fourth-order valence-corrected chi connectivity index (χ4v) is 3.60. The van der Waals surface area contributed by atoms with Gasteiger partial charge in [0.1, 0.15) is 15.8 Å². The summed E-state index contributed by atoms with van der Waals surface area (Å²) >= 11 is 6.48. The molecule has 0 spiro atoms. The van der Waals surface area contributed by atoms with Gasteiger partial charge in [-0.3, -0.25) is 9.69 Å². The Bertz CT molecular complexity index is 695. The number of aliphatic carboxylic acids is 1. The first-order chi connectivity index (χ1) is 11.9. The smallest absolute Gasteiger partial charge is 0.266 e. The number of methoxy groups -OCH3 is 2. The summed E-state index contributed by atoms with van der Waals surface area (Å²) in [5.74, 6) is -0.00536. The largest absolute Gasteiger partial charge is 0.550 e. The van der Waals surface area contributed by atoms with E-state index in [9.17, 15) is 14.7 Å². The normalized spacial score (nSPS) is 15.8. The highest BCUT2D eigenvalue weighted by molar-refractivity contribution is 8.26. The summed E-state index contributed by atoms with van der Waals surface area (Å²) < 4.78 is 10.9. The summed E-state index contributed by atoms with van der Waals surface area (Å²) in [4.78, 5) is 25.0. The zero-order valence-electron chi connectivity index (χ0n) is 13.9. The second-order valence-corrected chi connectivity index (χ2v) is 6.98.